The Bertz CT molecular complexity index is 222. The topological polar surface area (TPSA) is 55.1 Å². The number of carbonyl (C=O) groups excluding carboxylic acids is 1. The molecule has 1 rings (SSSR count). The Labute approximate surface area is 99.2 Å². The molecule has 3 heteroatoms. The van der Waals surface area contributed by atoms with Crippen molar-refractivity contribution in [3.05, 3.63) is 0 Å². The van der Waals surface area contributed by atoms with E-state index in [9.17, 15) is 4.79 Å². The predicted octanol–water partition coefficient (Wildman–Crippen LogP) is 2.20. The van der Waals surface area contributed by atoms with Gasteiger partial charge < -0.3 is 11.1 Å². The van der Waals surface area contributed by atoms with Gasteiger partial charge in [0.05, 0.1) is 0 Å². The van der Waals surface area contributed by atoms with E-state index in [1.165, 1.54) is 25.7 Å². The number of nitrogens with two attached hydrogens (primary N) is 1. The van der Waals surface area contributed by atoms with Gasteiger partial charge in [0.1, 0.15) is 0 Å². The SMILES string of the molecule is CCCC(N)CC(=O)NCC1(C)CCCC1. The lowest BCUT2D eigenvalue weighted by Gasteiger charge is -2.24. The van der Waals surface area contributed by atoms with Crippen LogP contribution in [0.2, 0.25) is 0 Å². The lowest BCUT2D eigenvalue weighted by atomic mass is 9.89. The van der Waals surface area contributed by atoms with Gasteiger partial charge in [-0.15, -0.1) is 0 Å². The van der Waals surface area contributed by atoms with Crippen LogP contribution in [0, 0.1) is 5.41 Å². The van der Waals surface area contributed by atoms with Crippen molar-refractivity contribution < 1.29 is 4.79 Å². The van der Waals surface area contributed by atoms with Gasteiger partial charge in [0.15, 0.2) is 0 Å². The minimum absolute atomic E-state index is 0.0291. The number of hydrogen-bond donors (Lipinski definition) is 2. The van der Waals surface area contributed by atoms with Gasteiger partial charge in [0.2, 0.25) is 5.91 Å². The van der Waals surface area contributed by atoms with Crippen LogP contribution in [0.25, 0.3) is 0 Å². The summed E-state index contributed by atoms with van der Waals surface area (Å²) in [5.41, 5.74) is 6.18. The fourth-order valence-corrected chi connectivity index (χ4v) is 2.50. The van der Waals surface area contributed by atoms with E-state index in [0.29, 0.717) is 11.8 Å². The van der Waals surface area contributed by atoms with E-state index in [1.54, 1.807) is 0 Å². The third-order valence-corrected chi connectivity index (χ3v) is 3.63. The van der Waals surface area contributed by atoms with Crippen molar-refractivity contribution in [1.29, 1.82) is 0 Å². The van der Waals surface area contributed by atoms with E-state index in [-0.39, 0.29) is 11.9 Å². The summed E-state index contributed by atoms with van der Waals surface area (Å²) in [6, 6.07) is 0.0291. The lowest BCUT2D eigenvalue weighted by Crippen LogP contribution is -2.37. The van der Waals surface area contributed by atoms with Crippen molar-refractivity contribution in [2.45, 2.75) is 64.8 Å². The summed E-state index contributed by atoms with van der Waals surface area (Å²) < 4.78 is 0. The van der Waals surface area contributed by atoms with Crippen LogP contribution in [0.4, 0.5) is 0 Å². The van der Waals surface area contributed by atoms with E-state index in [2.05, 4.69) is 19.2 Å². The smallest absolute Gasteiger partial charge is 0.221 e. The standard InChI is InChI=1S/C13H26N2O/c1-3-6-11(14)9-12(16)15-10-13(2)7-4-5-8-13/h11H,3-10,14H2,1-2H3,(H,15,16). The molecule has 1 aliphatic carbocycles. The molecule has 3 N–H and O–H groups in total. The van der Waals surface area contributed by atoms with Crippen molar-refractivity contribution in [2.75, 3.05) is 6.54 Å². The Hall–Kier alpha value is -0.570. The normalized spacial score (nSPS) is 20.7. The molecule has 0 aliphatic heterocycles. The molecule has 0 aromatic carbocycles. The van der Waals surface area contributed by atoms with Crippen LogP contribution in [0.5, 0.6) is 0 Å². The number of amides is 1. The van der Waals surface area contributed by atoms with Crippen LogP contribution < -0.4 is 11.1 Å². The van der Waals surface area contributed by atoms with E-state index in [1.807, 2.05) is 0 Å². The van der Waals surface area contributed by atoms with Gasteiger partial charge in [-0.1, -0.05) is 33.1 Å². The maximum Gasteiger partial charge on any atom is 0.221 e. The number of carbonyl (C=O) groups is 1. The summed E-state index contributed by atoms with van der Waals surface area (Å²) in [5.74, 6) is 0.120. The fourth-order valence-electron chi connectivity index (χ4n) is 2.50. The molecule has 1 saturated carbocycles. The molecule has 1 amide bonds. The van der Waals surface area contributed by atoms with Gasteiger partial charge in [-0.05, 0) is 24.7 Å². The molecule has 0 radical (unpaired) electrons. The zero-order chi connectivity index (χ0) is 12.0. The molecule has 0 aromatic heterocycles. The van der Waals surface area contributed by atoms with Crippen LogP contribution in [0.15, 0.2) is 0 Å². The second-order valence-electron chi connectivity index (χ2n) is 5.55. The van der Waals surface area contributed by atoms with Crippen LogP contribution in [0.3, 0.4) is 0 Å². The highest BCUT2D eigenvalue weighted by molar-refractivity contribution is 5.76. The molecule has 0 saturated heterocycles. The predicted molar refractivity (Wildman–Crippen MR) is 67.1 cm³/mol. The van der Waals surface area contributed by atoms with Crippen molar-refractivity contribution in [2.24, 2.45) is 11.1 Å². The zero-order valence-corrected chi connectivity index (χ0v) is 10.7. The second-order valence-corrected chi connectivity index (χ2v) is 5.55. The highest BCUT2D eigenvalue weighted by Gasteiger charge is 2.28. The summed E-state index contributed by atoms with van der Waals surface area (Å²) in [4.78, 5) is 11.6. The summed E-state index contributed by atoms with van der Waals surface area (Å²) >= 11 is 0. The Balaban J connectivity index is 2.19. The Morgan fingerprint density at radius 3 is 2.62 bits per heavy atom. The first-order valence-corrected chi connectivity index (χ1v) is 6.58. The van der Waals surface area contributed by atoms with Crippen molar-refractivity contribution in [3.63, 3.8) is 0 Å². The third-order valence-electron chi connectivity index (χ3n) is 3.63. The van der Waals surface area contributed by atoms with E-state index in [4.69, 9.17) is 5.73 Å². The molecule has 94 valence electrons. The van der Waals surface area contributed by atoms with Crippen molar-refractivity contribution in [3.8, 4) is 0 Å². The first-order valence-electron chi connectivity index (χ1n) is 6.58. The molecule has 1 aliphatic rings. The van der Waals surface area contributed by atoms with Gasteiger partial charge in [-0.25, -0.2) is 0 Å². The van der Waals surface area contributed by atoms with Crippen LogP contribution in [0.1, 0.15) is 58.8 Å². The molecule has 16 heavy (non-hydrogen) atoms. The number of rotatable bonds is 6. The first kappa shape index (κ1) is 13.5. The molecule has 0 aromatic rings. The molecule has 3 nitrogen and oxygen atoms in total. The maximum absolute atomic E-state index is 11.6. The monoisotopic (exact) mass is 226 g/mol. The van der Waals surface area contributed by atoms with Gasteiger partial charge >= 0.3 is 0 Å². The average Bonchev–Trinajstić information content (AvgIpc) is 2.63. The summed E-state index contributed by atoms with van der Waals surface area (Å²) in [6.45, 7) is 5.19. The average molecular weight is 226 g/mol. The Morgan fingerprint density at radius 2 is 2.06 bits per heavy atom. The minimum atomic E-state index is 0.0291. The highest BCUT2D eigenvalue weighted by atomic mass is 16.1. The highest BCUT2D eigenvalue weighted by Crippen LogP contribution is 2.36. The van der Waals surface area contributed by atoms with Crippen molar-refractivity contribution in [1.82, 2.24) is 5.32 Å². The minimum Gasteiger partial charge on any atom is -0.356 e. The first-order chi connectivity index (χ1) is 7.56. The van der Waals surface area contributed by atoms with Gasteiger partial charge in [-0.3, -0.25) is 4.79 Å². The summed E-state index contributed by atoms with van der Waals surface area (Å²) in [5, 5.41) is 3.04. The Kier molecular flexibility index (Phi) is 5.26. The molecule has 1 atom stereocenters. The second kappa shape index (κ2) is 6.24. The molecular weight excluding hydrogens is 200 g/mol. The molecule has 0 heterocycles. The van der Waals surface area contributed by atoms with E-state index < -0.39 is 0 Å². The zero-order valence-electron chi connectivity index (χ0n) is 10.7. The number of nitrogens with one attached hydrogen (secondary N) is 1. The van der Waals surface area contributed by atoms with E-state index in [0.717, 1.165) is 19.4 Å². The van der Waals surface area contributed by atoms with Crippen LogP contribution in [-0.4, -0.2) is 18.5 Å². The van der Waals surface area contributed by atoms with E-state index >= 15 is 0 Å². The van der Waals surface area contributed by atoms with Crippen molar-refractivity contribution >= 4 is 5.91 Å². The maximum atomic E-state index is 11.6. The molecule has 0 spiro atoms. The lowest BCUT2D eigenvalue weighted by molar-refractivity contribution is -0.121. The van der Waals surface area contributed by atoms with Gasteiger partial charge in [0.25, 0.3) is 0 Å². The molecule has 1 unspecified atom stereocenters. The molecule has 1 fully saturated rings. The summed E-state index contributed by atoms with van der Waals surface area (Å²) in [6.07, 6.45) is 7.56. The largest absolute Gasteiger partial charge is 0.356 e. The van der Waals surface area contributed by atoms with Crippen LogP contribution >= 0.6 is 0 Å². The number of hydrogen-bond acceptors (Lipinski definition) is 2. The Morgan fingerprint density at radius 1 is 1.44 bits per heavy atom. The molecular formula is C13H26N2O. The van der Waals surface area contributed by atoms with Gasteiger partial charge in [-0.2, -0.15) is 0 Å². The fraction of sp³-hybridized carbons (Fsp3) is 0.923. The van der Waals surface area contributed by atoms with Crippen LogP contribution in [-0.2, 0) is 4.79 Å². The molecule has 0 bridgehead atoms. The third kappa shape index (κ3) is 4.52. The summed E-state index contributed by atoms with van der Waals surface area (Å²) in [7, 11) is 0. The van der Waals surface area contributed by atoms with Gasteiger partial charge in [0, 0.05) is 19.0 Å². The quantitative estimate of drug-likeness (QED) is 0.729.